The quantitative estimate of drug-likeness (QED) is 0.778. The zero-order chi connectivity index (χ0) is 12.5. The lowest BCUT2D eigenvalue weighted by Gasteiger charge is -2.13. The number of terminal acetylenes is 1. The van der Waals surface area contributed by atoms with E-state index in [0.29, 0.717) is 0 Å². The summed E-state index contributed by atoms with van der Waals surface area (Å²) in [6.45, 7) is 2.10. The average molecular weight is 246 g/mol. The van der Waals surface area contributed by atoms with E-state index in [9.17, 15) is 5.11 Å². The van der Waals surface area contributed by atoms with Gasteiger partial charge >= 0.3 is 0 Å². The van der Waals surface area contributed by atoms with E-state index in [1.165, 1.54) is 0 Å². The van der Waals surface area contributed by atoms with Crippen LogP contribution in [0.2, 0.25) is 0 Å². The molecule has 0 aliphatic heterocycles. The molecule has 0 heterocycles. The lowest BCUT2D eigenvalue weighted by molar-refractivity contribution is 0.235. The van der Waals surface area contributed by atoms with Crippen LogP contribution >= 0.6 is 11.8 Å². The lowest BCUT2D eigenvalue weighted by atomic mass is 10.1. The van der Waals surface area contributed by atoms with Gasteiger partial charge in [-0.25, -0.2) is 0 Å². The van der Waals surface area contributed by atoms with Gasteiger partial charge in [0.05, 0.1) is 11.4 Å². The van der Waals surface area contributed by atoms with E-state index < -0.39 is 6.10 Å². The summed E-state index contributed by atoms with van der Waals surface area (Å²) in [5.41, 5.74) is 1.07. The van der Waals surface area contributed by atoms with Crippen molar-refractivity contribution >= 4 is 17.8 Å². The van der Waals surface area contributed by atoms with E-state index in [1.54, 1.807) is 17.8 Å². The topological polar surface area (TPSA) is 20.2 Å². The van der Waals surface area contributed by atoms with Gasteiger partial charge in [0.1, 0.15) is 0 Å². The molecule has 0 spiro atoms. The summed E-state index contributed by atoms with van der Waals surface area (Å²) in [5.74, 6) is 3.61. The second-order valence-corrected chi connectivity index (χ2v) is 4.97. The Balaban J connectivity index is 2.55. The first-order valence-electron chi connectivity index (χ1n) is 5.77. The van der Waals surface area contributed by atoms with Crippen LogP contribution in [0.5, 0.6) is 0 Å². The number of rotatable bonds is 6. The minimum atomic E-state index is -0.586. The third-order valence-corrected chi connectivity index (χ3v) is 3.68. The van der Waals surface area contributed by atoms with E-state index >= 15 is 0 Å². The van der Waals surface area contributed by atoms with Crippen LogP contribution in [0.15, 0.2) is 36.4 Å². The van der Waals surface area contributed by atoms with Crippen LogP contribution in [0, 0.1) is 12.3 Å². The monoisotopic (exact) mass is 246 g/mol. The number of benzene rings is 1. The van der Waals surface area contributed by atoms with E-state index in [4.69, 9.17) is 6.42 Å². The molecule has 0 aliphatic rings. The molecule has 1 aromatic carbocycles. The molecule has 1 N–H and O–H groups in total. The van der Waals surface area contributed by atoms with Gasteiger partial charge in [-0.15, -0.1) is 18.2 Å². The molecule has 0 bridgehead atoms. The predicted octanol–water partition coefficient (Wildman–Crippen LogP) is 3.21. The molecule has 0 saturated carbocycles. The summed E-state index contributed by atoms with van der Waals surface area (Å²) >= 11 is 1.63. The van der Waals surface area contributed by atoms with Crippen molar-refractivity contribution in [2.75, 3.05) is 5.75 Å². The Morgan fingerprint density at radius 3 is 2.71 bits per heavy atom. The number of thioether (sulfide) groups is 1. The van der Waals surface area contributed by atoms with Gasteiger partial charge in [-0.1, -0.05) is 55.3 Å². The predicted molar refractivity (Wildman–Crippen MR) is 76.9 cm³/mol. The summed E-state index contributed by atoms with van der Waals surface area (Å²) in [7, 11) is 0. The summed E-state index contributed by atoms with van der Waals surface area (Å²) in [6.07, 6.45) is 9.57. The molecular weight excluding hydrogens is 228 g/mol. The van der Waals surface area contributed by atoms with Crippen molar-refractivity contribution in [3.63, 3.8) is 0 Å². The summed E-state index contributed by atoms with van der Waals surface area (Å²) in [6, 6.07) is 9.89. The van der Waals surface area contributed by atoms with Gasteiger partial charge in [0.25, 0.3) is 0 Å². The van der Waals surface area contributed by atoms with Gasteiger partial charge in [0, 0.05) is 0 Å². The molecule has 90 valence electrons. The molecule has 0 fully saturated rings. The van der Waals surface area contributed by atoms with E-state index in [0.717, 1.165) is 17.7 Å². The molecule has 1 rings (SSSR count). The third-order valence-electron chi connectivity index (χ3n) is 2.26. The maximum absolute atomic E-state index is 9.95. The van der Waals surface area contributed by atoms with Crippen molar-refractivity contribution in [2.24, 2.45) is 0 Å². The Morgan fingerprint density at radius 1 is 1.41 bits per heavy atom. The fourth-order valence-corrected chi connectivity index (χ4v) is 2.24. The molecule has 0 aliphatic carbocycles. The van der Waals surface area contributed by atoms with Crippen LogP contribution in [0.4, 0.5) is 0 Å². The van der Waals surface area contributed by atoms with Crippen LogP contribution in [-0.4, -0.2) is 22.2 Å². The fraction of sp³-hybridized carbons (Fsp3) is 0.333. The summed E-state index contributed by atoms with van der Waals surface area (Å²) < 4.78 is 0. The Hall–Kier alpha value is -1.17. The highest BCUT2D eigenvalue weighted by Crippen LogP contribution is 2.16. The van der Waals surface area contributed by atoms with Crippen LogP contribution in [0.25, 0.3) is 6.08 Å². The van der Waals surface area contributed by atoms with Crippen molar-refractivity contribution in [3.8, 4) is 12.3 Å². The molecule has 0 saturated heterocycles. The lowest BCUT2D eigenvalue weighted by Crippen LogP contribution is -2.19. The highest BCUT2D eigenvalue weighted by molar-refractivity contribution is 8.00. The van der Waals surface area contributed by atoms with Gasteiger partial charge in [-0.2, -0.15) is 0 Å². The van der Waals surface area contributed by atoms with Crippen molar-refractivity contribution in [3.05, 3.63) is 42.0 Å². The number of hydrogen-bond acceptors (Lipinski definition) is 2. The molecular formula is C15H18OS. The molecule has 1 nitrogen and oxygen atoms in total. The fourth-order valence-electron chi connectivity index (χ4n) is 1.36. The molecule has 0 aromatic heterocycles. The first kappa shape index (κ1) is 13.9. The SMILES string of the molecule is C#CC(SCCC)[C@H](O)/C=C/c1ccccc1. The first-order valence-corrected chi connectivity index (χ1v) is 6.82. The van der Waals surface area contributed by atoms with E-state index in [-0.39, 0.29) is 5.25 Å². The van der Waals surface area contributed by atoms with Crippen LogP contribution in [0.1, 0.15) is 18.9 Å². The van der Waals surface area contributed by atoms with Crippen molar-refractivity contribution in [1.29, 1.82) is 0 Å². The Morgan fingerprint density at radius 2 is 2.12 bits per heavy atom. The number of hydrogen-bond donors (Lipinski definition) is 1. The molecule has 1 unspecified atom stereocenters. The third kappa shape index (κ3) is 5.12. The first-order chi connectivity index (χ1) is 8.27. The Labute approximate surface area is 108 Å². The Bertz CT molecular complexity index is 378. The van der Waals surface area contributed by atoms with Crippen molar-refractivity contribution < 1.29 is 5.11 Å². The second-order valence-electron chi connectivity index (χ2n) is 3.72. The number of aliphatic hydroxyl groups excluding tert-OH is 1. The maximum atomic E-state index is 9.95. The van der Waals surface area contributed by atoms with E-state index in [2.05, 4.69) is 12.8 Å². The summed E-state index contributed by atoms with van der Waals surface area (Å²) in [5, 5.41) is 9.79. The molecule has 17 heavy (non-hydrogen) atoms. The molecule has 2 atom stereocenters. The van der Waals surface area contributed by atoms with Crippen molar-refractivity contribution in [1.82, 2.24) is 0 Å². The number of aliphatic hydroxyl groups is 1. The largest absolute Gasteiger partial charge is 0.387 e. The smallest absolute Gasteiger partial charge is 0.0953 e. The highest BCUT2D eigenvalue weighted by Gasteiger charge is 2.13. The second kappa shape index (κ2) is 8.00. The van der Waals surface area contributed by atoms with Gasteiger partial charge in [-0.05, 0) is 17.7 Å². The van der Waals surface area contributed by atoms with Crippen LogP contribution < -0.4 is 0 Å². The zero-order valence-electron chi connectivity index (χ0n) is 10.0. The molecule has 0 radical (unpaired) electrons. The zero-order valence-corrected chi connectivity index (χ0v) is 10.9. The summed E-state index contributed by atoms with van der Waals surface area (Å²) in [4.78, 5) is 0. The van der Waals surface area contributed by atoms with Gasteiger partial charge < -0.3 is 5.11 Å². The van der Waals surface area contributed by atoms with Crippen LogP contribution in [-0.2, 0) is 0 Å². The molecule has 2 heteroatoms. The average Bonchev–Trinajstić information content (AvgIpc) is 2.38. The van der Waals surface area contributed by atoms with Crippen molar-refractivity contribution in [2.45, 2.75) is 24.7 Å². The highest BCUT2D eigenvalue weighted by atomic mass is 32.2. The Kier molecular flexibility index (Phi) is 6.54. The molecule has 1 aromatic rings. The van der Waals surface area contributed by atoms with E-state index in [1.807, 2.05) is 36.4 Å². The van der Waals surface area contributed by atoms with Gasteiger partial charge in [0.2, 0.25) is 0 Å². The maximum Gasteiger partial charge on any atom is 0.0953 e. The van der Waals surface area contributed by atoms with Gasteiger partial charge in [0.15, 0.2) is 0 Å². The minimum Gasteiger partial charge on any atom is -0.387 e. The van der Waals surface area contributed by atoms with Crippen LogP contribution in [0.3, 0.4) is 0 Å². The standard InChI is InChI=1S/C15H18OS/c1-3-12-17-15(4-2)14(16)11-10-13-8-6-5-7-9-13/h2,5-11,14-16H,3,12H2,1H3/b11-10+/t14-,15?/m1/s1. The minimum absolute atomic E-state index is 0.157. The molecule has 0 amide bonds. The van der Waals surface area contributed by atoms with Gasteiger partial charge in [-0.3, -0.25) is 0 Å². The normalized spacial score (nSPS) is 14.4.